The zero-order valence-electron chi connectivity index (χ0n) is 7.72. The molecule has 0 amide bonds. The van der Waals surface area contributed by atoms with Crippen molar-refractivity contribution in [3.05, 3.63) is 29.3 Å². The molecule has 2 nitrogen and oxygen atoms in total. The minimum absolute atomic E-state index is 0.674. The predicted molar refractivity (Wildman–Crippen MR) is 53.5 cm³/mol. The molecule has 0 heterocycles. The van der Waals surface area contributed by atoms with Crippen LogP contribution >= 0.6 is 0 Å². The van der Waals surface area contributed by atoms with Gasteiger partial charge >= 0.3 is 0 Å². The molecule has 1 rings (SSSR count). The normalized spacial score (nSPS) is 9.92. The highest BCUT2D eigenvalue weighted by Gasteiger charge is 1.95. The van der Waals surface area contributed by atoms with Crippen molar-refractivity contribution >= 4 is 5.69 Å². The van der Waals surface area contributed by atoms with Gasteiger partial charge in [-0.3, -0.25) is 0 Å². The maximum absolute atomic E-state index is 5.40. The third-order valence-corrected chi connectivity index (χ3v) is 1.85. The molecule has 0 aromatic heterocycles. The summed E-state index contributed by atoms with van der Waals surface area (Å²) in [5.41, 5.74) is 9.15. The van der Waals surface area contributed by atoms with Crippen LogP contribution < -0.4 is 11.1 Å². The average molecular weight is 164 g/mol. The summed E-state index contributed by atoms with van der Waals surface area (Å²) in [6.07, 6.45) is 0. The third-order valence-electron chi connectivity index (χ3n) is 1.85. The van der Waals surface area contributed by atoms with E-state index in [1.807, 2.05) is 0 Å². The highest BCUT2D eigenvalue weighted by molar-refractivity contribution is 5.52. The Kier molecular flexibility index (Phi) is 3.11. The Labute approximate surface area is 73.8 Å². The van der Waals surface area contributed by atoms with E-state index >= 15 is 0 Å². The van der Waals surface area contributed by atoms with Crippen molar-refractivity contribution in [2.45, 2.75) is 13.8 Å². The summed E-state index contributed by atoms with van der Waals surface area (Å²) in [5.74, 6) is 0. The smallest absolute Gasteiger partial charge is 0.0372 e. The molecule has 0 bridgehead atoms. The van der Waals surface area contributed by atoms with Gasteiger partial charge in [0.15, 0.2) is 0 Å². The summed E-state index contributed by atoms with van der Waals surface area (Å²) in [4.78, 5) is 0. The summed E-state index contributed by atoms with van der Waals surface area (Å²) >= 11 is 0. The zero-order chi connectivity index (χ0) is 8.97. The molecular formula is C10H16N2. The van der Waals surface area contributed by atoms with Crippen molar-refractivity contribution < 1.29 is 0 Å². The first-order valence-corrected chi connectivity index (χ1v) is 4.25. The molecule has 0 aliphatic heterocycles. The van der Waals surface area contributed by atoms with Crippen molar-refractivity contribution in [3.8, 4) is 0 Å². The second-order valence-electron chi connectivity index (χ2n) is 3.03. The van der Waals surface area contributed by atoms with Gasteiger partial charge in [-0.05, 0) is 31.0 Å². The van der Waals surface area contributed by atoms with E-state index in [1.54, 1.807) is 0 Å². The molecule has 3 N–H and O–H groups in total. The Morgan fingerprint density at radius 3 is 2.75 bits per heavy atom. The van der Waals surface area contributed by atoms with E-state index in [9.17, 15) is 0 Å². The van der Waals surface area contributed by atoms with Crippen LogP contribution in [-0.2, 0) is 0 Å². The van der Waals surface area contributed by atoms with Crippen LogP contribution in [0.25, 0.3) is 0 Å². The van der Waals surface area contributed by atoms with E-state index in [-0.39, 0.29) is 0 Å². The second-order valence-corrected chi connectivity index (χ2v) is 3.03. The summed E-state index contributed by atoms with van der Waals surface area (Å²) in [7, 11) is 0. The first-order valence-electron chi connectivity index (χ1n) is 4.25. The summed E-state index contributed by atoms with van der Waals surface area (Å²) in [6, 6.07) is 6.38. The van der Waals surface area contributed by atoms with Gasteiger partial charge in [0, 0.05) is 18.8 Å². The fourth-order valence-corrected chi connectivity index (χ4v) is 1.13. The van der Waals surface area contributed by atoms with Gasteiger partial charge in [-0.15, -0.1) is 0 Å². The molecule has 0 saturated heterocycles. The van der Waals surface area contributed by atoms with E-state index in [0.717, 1.165) is 6.54 Å². The molecule has 12 heavy (non-hydrogen) atoms. The minimum atomic E-state index is 0.674. The van der Waals surface area contributed by atoms with Crippen LogP contribution in [0.5, 0.6) is 0 Å². The topological polar surface area (TPSA) is 38.0 Å². The molecule has 1 aromatic carbocycles. The first kappa shape index (κ1) is 9.07. The summed E-state index contributed by atoms with van der Waals surface area (Å²) in [6.45, 7) is 5.70. The highest BCUT2D eigenvalue weighted by atomic mass is 14.9. The lowest BCUT2D eigenvalue weighted by Crippen LogP contribution is -2.13. The number of anilines is 1. The van der Waals surface area contributed by atoms with Gasteiger partial charge in [0.05, 0.1) is 0 Å². The molecular weight excluding hydrogens is 148 g/mol. The van der Waals surface area contributed by atoms with Gasteiger partial charge in [-0.25, -0.2) is 0 Å². The molecule has 0 atom stereocenters. The number of hydrogen-bond donors (Lipinski definition) is 2. The van der Waals surface area contributed by atoms with Crippen molar-refractivity contribution in [2.75, 3.05) is 18.4 Å². The lowest BCUT2D eigenvalue weighted by molar-refractivity contribution is 1.02. The molecule has 2 heteroatoms. The third kappa shape index (κ3) is 2.24. The number of rotatable bonds is 3. The fraction of sp³-hybridized carbons (Fsp3) is 0.400. The Balaban J connectivity index is 2.75. The standard InChI is InChI=1S/C10H16N2/c1-8-3-4-9(2)10(7-8)12-6-5-11/h3-4,7,12H,5-6,11H2,1-2H3. The molecule has 66 valence electrons. The van der Waals surface area contributed by atoms with E-state index < -0.39 is 0 Å². The van der Waals surface area contributed by atoms with Gasteiger partial charge in [0.1, 0.15) is 0 Å². The molecule has 0 aliphatic rings. The lowest BCUT2D eigenvalue weighted by atomic mass is 10.1. The average Bonchev–Trinajstić information content (AvgIpc) is 2.07. The molecule has 1 aromatic rings. The van der Waals surface area contributed by atoms with Crippen LogP contribution in [-0.4, -0.2) is 13.1 Å². The second kappa shape index (κ2) is 4.12. The Morgan fingerprint density at radius 2 is 2.08 bits per heavy atom. The zero-order valence-corrected chi connectivity index (χ0v) is 7.72. The lowest BCUT2D eigenvalue weighted by Gasteiger charge is -2.08. The number of nitrogens with one attached hydrogen (secondary N) is 1. The Bertz CT molecular complexity index is 256. The van der Waals surface area contributed by atoms with E-state index in [2.05, 4.69) is 37.4 Å². The number of nitrogens with two attached hydrogens (primary N) is 1. The maximum atomic E-state index is 5.40. The Morgan fingerprint density at radius 1 is 1.33 bits per heavy atom. The van der Waals surface area contributed by atoms with Gasteiger partial charge < -0.3 is 11.1 Å². The summed E-state index contributed by atoms with van der Waals surface area (Å²) in [5, 5.41) is 3.28. The number of benzene rings is 1. The quantitative estimate of drug-likeness (QED) is 0.713. The number of hydrogen-bond acceptors (Lipinski definition) is 2. The van der Waals surface area contributed by atoms with E-state index in [4.69, 9.17) is 5.73 Å². The molecule has 0 aliphatic carbocycles. The molecule has 0 unspecified atom stereocenters. The van der Waals surface area contributed by atoms with Crippen LogP contribution in [0.4, 0.5) is 5.69 Å². The van der Waals surface area contributed by atoms with Gasteiger partial charge in [0.25, 0.3) is 0 Å². The number of aryl methyl sites for hydroxylation is 2. The van der Waals surface area contributed by atoms with Crippen LogP contribution in [0.15, 0.2) is 18.2 Å². The van der Waals surface area contributed by atoms with E-state index in [1.165, 1.54) is 16.8 Å². The fourth-order valence-electron chi connectivity index (χ4n) is 1.13. The van der Waals surface area contributed by atoms with Gasteiger partial charge in [0.2, 0.25) is 0 Å². The SMILES string of the molecule is Cc1ccc(C)c(NCCN)c1. The van der Waals surface area contributed by atoms with Crippen molar-refractivity contribution in [1.82, 2.24) is 0 Å². The van der Waals surface area contributed by atoms with Crippen molar-refractivity contribution in [2.24, 2.45) is 5.73 Å². The van der Waals surface area contributed by atoms with Crippen LogP contribution in [0.2, 0.25) is 0 Å². The molecule has 0 fully saturated rings. The molecule has 0 saturated carbocycles. The van der Waals surface area contributed by atoms with Crippen LogP contribution in [0, 0.1) is 13.8 Å². The minimum Gasteiger partial charge on any atom is -0.384 e. The van der Waals surface area contributed by atoms with Crippen molar-refractivity contribution in [3.63, 3.8) is 0 Å². The molecule has 0 spiro atoms. The van der Waals surface area contributed by atoms with Gasteiger partial charge in [-0.2, -0.15) is 0 Å². The van der Waals surface area contributed by atoms with Crippen molar-refractivity contribution in [1.29, 1.82) is 0 Å². The highest BCUT2D eigenvalue weighted by Crippen LogP contribution is 2.15. The monoisotopic (exact) mass is 164 g/mol. The Hall–Kier alpha value is -1.02. The maximum Gasteiger partial charge on any atom is 0.0372 e. The largest absolute Gasteiger partial charge is 0.384 e. The first-order chi connectivity index (χ1) is 5.74. The predicted octanol–water partition coefficient (Wildman–Crippen LogP) is 1.67. The van der Waals surface area contributed by atoms with Crippen LogP contribution in [0.1, 0.15) is 11.1 Å². The van der Waals surface area contributed by atoms with E-state index in [0.29, 0.717) is 6.54 Å². The summed E-state index contributed by atoms with van der Waals surface area (Å²) < 4.78 is 0. The van der Waals surface area contributed by atoms with Crippen LogP contribution in [0.3, 0.4) is 0 Å². The van der Waals surface area contributed by atoms with Gasteiger partial charge in [-0.1, -0.05) is 12.1 Å². The molecule has 0 radical (unpaired) electrons.